The summed E-state index contributed by atoms with van der Waals surface area (Å²) >= 11 is 0. The fourth-order valence-electron chi connectivity index (χ4n) is 3.50. The monoisotopic (exact) mass is 528 g/mol. The Hall–Kier alpha value is -2.04. The lowest BCUT2D eigenvalue weighted by molar-refractivity contribution is 0.0507. The molecule has 2 N–H and O–H groups in total. The van der Waals surface area contributed by atoms with E-state index in [1.807, 2.05) is 33.0 Å². The summed E-state index contributed by atoms with van der Waals surface area (Å²) in [6.45, 7) is 9.97. The highest BCUT2D eigenvalue weighted by molar-refractivity contribution is 14.0. The highest BCUT2D eigenvalue weighted by atomic mass is 127. The molecule has 1 amide bonds. The summed E-state index contributed by atoms with van der Waals surface area (Å²) < 4.78 is 7.41. The van der Waals surface area contributed by atoms with E-state index in [4.69, 9.17) is 9.72 Å². The topological polar surface area (TPSA) is 83.3 Å². The number of ether oxygens (including phenoxy) is 1. The second-order valence-corrected chi connectivity index (χ2v) is 8.46. The minimum Gasteiger partial charge on any atom is -0.444 e. The fourth-order valence-corrected chi connectivity index (χ4v) is 3.50. The van der Waals surface area contributed by atoms with E-state index >= 15 is 0 Å². The standard InChI is InChI=1S/C21H32N6O2.HI/c1-15-7-6-11-26-13-16(24-18(15)26)8-10-23-19(22-5)27-12-9-17(14-27)25-20(28)29-21(2,3)4;/h6-7,11,13,17H,8-10,12,14H2,1-5H3,(H,22,23)(H,25,28);1H. The molecule has 0 bridgehead atoms. The van der Waals surface area contributed by atoms with Crippen LogP contribution in [-0.4, -0.2) is 64.7 Å². The predicted octanol–water partition coefficient (Wildman–Crippen LogP) is 2.98. The van der Waals surface area contributed by atoms with Gasteiger partial charge >= 0.3 is 6.09 Å². The normalized spacial score (nSPS) is 17.0. The minimum atomic E-state index is -0.490. The van der Waals surface area contributed by atoms with Crippen LogP contribution in [0.1, 0.15) is 38.4 Å². The number of halogens is 1. The predicted molar refractivity (Wildman–Crippen MR) is 130 cm³/mol. The maximum absolute atomic E-state index is 12.0. The Bertz CT molecular complexity index is 889. The lowest BCUT2D eigenvalue weighted by Crippen LogP contribution is -2.44. The zero-order chi connectivity index (χ0) is 21.0. The van der Waals surface area contributed by atoms with Gasteiger partial charge in [0, 0.05) is 45.5 Å². The second-order valence-electron chi connectivity index (χ2n) is 8.46. The van der Waals surface area contributed by atoms with E-state index in [2.05, 4.69) is 44.1 Å². The molecule has 0 radical (unpaired) electrons. The molecule has 2 aromatic heterocycles. The summed E-state index contributed by atoms with van der Waals surface area (Å²) in [5.74, 6) is 0.846. The molecule has 3 rings (SSSR count). The zero-order valence-electron chi connectivity index (χ0n) is 18.4. The number of aryl methyl sites for hydroxylation is 1. The number of aromatic nitrogens is 2. The number of likely N-dealkylation sites (tertiary alicyclic amines) is 1. The van der Waals surface area contributed by atoms with Gasteiger partial charge in [0.15, 0.2) is 5.96 Å². The Morgan fingerprint density at radius 1 is 1.40 bits per heavy atom. The van der Waals surface area contributed by atoms with Crippen LogP contribution < -0.4 is 10.6 Å². The van der Waals surface area contributed by atoms with Crippen LogP contribution in [0.15, 0.2) is 29.5 Å². The Morgan fingerprint density at radius 3 is 2.83 bits per heavy atom. The van der Waals surface area contributed by atoms with Gasteiger partial charge in [-0.3, -0.25) is 4.99 Å². The van der Waals surface area contributed by atoms with Gasteiger partial charge in [-0.1, -0.05) is 6.07 Å². The summed E-state index contributed by atoms with van der Waals surface area (Å²) in [4.78, 5) is 23.3. The molecule has 166 valence electrons. The van der Waals surface area contributed by atoms with Crippen molar-refractivity contribution in [1.82, 2.24) is 24.9 Å². The Kier molecular flexibility index (Phi) is 8.34. The van der Waals surface area contributed by atoms with E-state index in [1.165, 1.54) is 5.56 Å². The molecule has 1 atom stereocenters. The van der Waals surface area contributed by atoms with Crippen molar-refractivity contribution in [2.45, 2.75) is 52.2 Å². The number of aliphatic imine (C=N–C) groups is 1. The summed E-state index contributed by atoms with van der Waals surface area (Å²) in [6, 6.07) is 4.16. The average Bonchev–Trinajstić information content (AvgIpc) is 3.24. The number of pyridine rings is 1. The number of hydrogen-bond donors (Lipinski definition) is 2. The first-order valence-electron chi connectivity index (χ1n) is 10.1. The average molecular weight is 528 g/mol. The fraction of sp³-hybridized carbons (Fsp3) is 0.571. The Balaban J connectivity index is 0.00000320. The van der Waals surface area contributed by atoms with Gasteiger partial charge in [0.2, 0.25) is 0 Å². The molecule has 0 saturated carbocycles. The third-order valence-corrected chi connectivity index (χ3v) is 4.81. The van der Waals surface area contributed by atoms with Gasteiger partial charge in [-0.15, -0.1) is 24.0 Å². The molecule has 3 heterocycles. The van der Waals surface area contributed by atoms with Crippen LogP contribution >= 0.6 is 24.0 Å². The van der Waals surface area contributed by atoms with Crippen molar-refractivity contribution >= 4 is 41.7 Å². The van der Waals surface area contributed by atoms with Crippen LogP contribution in [-0.2, 0) is 11.2 Å². The number of rotatable bonds is 4. The number of nitrogens with zero attached hydrogens (tertiary/aromatic N) is 4. The van der Waals surface area contributed by atoms with Gasteiger partial charge in [-0.05, 0) is 45.7 Å². The number of carbonyl (C=O) groups excluding carboxylic acids is 1. The van der Waals surface area contributed by atoms with Crippen LogP contribution in [0.2, 0.25) is 0 Å². The number of hydrogen-bond acceptors (Lipinski definition) is 4. The van der Waals surface area contributed by atoms with E-state index in [-0.39, 0.29) is 36.1 Å². The van der Waals surface area contributed by atoms with E-state index in [1.54, 1.807) is 7.05 Å². The van der Waals surface area contributed by atoms with Crippen molar-refractivity contribution in [3.63, 3.8) is 0 Å². The smallest absolute Gasteiger partial charge is 0.407 e. The Labute approximate surface area is 195 Å². The van der Waals surface area contributed by atoms with Crippen LogP contribution in [0.3, 0.4) is 0 Å². The van der Waals surface area contributed by atoms with Crippen molar-refractivity contribution in [3.8, 4) is 0 Å². The molecule has 9 heteroatoms. The number of guanidine groups is 1. The number of alkyl carbamates (subject to hydrolysis) is 1. The van der Waals surface area contributed by atoms with E-state index in [0.29, 0.717) is 6.54 Å². The van der Waals surface area contributed by atoms with E-state index in [9.17, 15) is 4.79 Å². The minimum absolute atomic E-state index is 0. The number of fused-ring (bicyclic) bond motifs is 1. The van der Waals surface area contributed by atoms with Crippen LogP contribution in [0.4, 0.5) is 4.79 Å². The van der Waals surface area contributed by atoms with Gasteiger partial charge in [-0.25, -0.2) is 9.78 Å². The van der Waals surface area contributed by atoms with Crippen molar-refractivity contribution in [3.05, 3.63) is 35.8 Å². The second kappa shape index (κ2) is 10.3. The lowest BCUT2D eigenvalue weighted by atomic mass is 10.2. The van der Waals surface area contributed by atoms with Crippen molar-refractivity contribution < 1.29 is 9.53 Å². The highest BCUT2D eigenvalue weighted by Crippen LogP contribution is 2.13. The molecule has 1 saturated heterocycles. The number of amides is 1. The molecule has 1 unspecified atom stereocenters. The summed E-state index contributed by atoms with van der Waals surface area (Å²) in [7, 11) is 1.78. The quantitative estimate of drug-likeness (QED) is 0.362. The molecule has 1 fully saturated rings. The maximum Gasteiger partial charge on any atom is 0.407 e. The van der Waals surface area contributed by atoms with E-state index in [0.717, 1.165) is 43.2 Å². The molecule has 8 nitrogen and oxygen atoms in total. The molecular weight excluding hydrogens is 495 g/mol. The SMILES string of the molecule is CN=C(NCCc1cn2cccc(C)c2n1)N1CCC(NC(=O)OC(C)(C)C)C1.I. The summed E-state index contributed by atoms with van der Waals surface area (Å²) in [5, 5.41) is 6.36. The molecule has 1 aliphatic heterocycles. The summed E-state index contributed by atoms with van der Waals surface area (Å²) in [6.07, 6.45) is 5.41. The first kappa shape index (κ1) is 24.2. The number of imidazole rings is 1. The first-order chi connectivity index (χ1) is 13.7. The molecule has 2 aromatic rings. The largest absolute Gasteiger partial charge is 0.444 e. The van der Waals surface area contributed by atoms with E-state index < -0.39 is 5.60 Å². The number of carbonyl (C=O) groups is 1. The van der Waals surface area contributed by atoms with Gasteiger partial charge < -0.3 is 24.7 Å². The molecule has 0 aromatic carbocycles. The summed E-state index contributed by atoms with van der Waals surface area (Å²) in [5.41, 5.74) is 2.73. The highest BCUT2D eigenvalue weighted by Gasteiger charge is 2.27. The van der Waals surface area contributed by atoms with Crippen LogP contribution in [0, 0.1) is 6.92 Å². The zero-order valence-corrected chi connectivity index (χ0v) is 20.8. The van der Waals surface area contributed by atoms with Gasteiger partial charge in [-0.2, -0.15) is 0 Å². The Morgan fingerprint density at radius 2 is 2.17 bits per heavy atom. The van der Waals surface area contributed by atoms with Crippen molar-refractivity contribution in [2.24, 2.45) is 4.99 Å². The van der Waals surface area contributed by atoms with Gasteiger partial charge in [0.25, 0.3) is 0 Å². The molecule has 1 aliphatic rings. The third-order valence-electron chi connectivity index (χ3n) is 4.81. The molecule has 30 heavy (non-hydrogen) atoms. The molecule has 0 spiro atoms. The molecule has 0 aliphatic carbocycles. The van der Waals surface area contributed by atoms with Crippen molar-refractivity contribution in [2.75, 3.05) is 26.7 Å². The van der Waals surface area contributed by atoms with Gasteiger partial charge in [0.05, 0.1) is 11.7 Å². The first-order valence-corrected chi connectivity index (χ1v) is 10.1. The molecular formula is C21H33IN6O2. The van der Waals surface area contributed by atoms with Gasteiger partial charge in [0.1, 0.15) is 11.2 Å². The van der Waals surface area contributed by atoms with Crippen LogP contribution in [0.25, 0.3) is 5.65 Å². The number of nitrogens with one attached hydrogen (secondary N) is 2. The van der Waals surface area contributed by atoms with Crippen molar-refractivity contribution in [1.29, 1.82) is 0 Å². The van der Waals surface area contributed by atoms with Crippen LogP contribution in [0.5, 0.6) is 0 Å². The maximum atomic E-state index is 12.0. The third kappa shape index (κ3) is 6.48. The lowest BCUT2D eigenvalue weighted by Gasteiger charge is -2.23.